The van der Waals surface area contributed by atoms with Crippen LogP contribution in [-0.2, 0) is 15.2 Å². The van der Waals surface area contributed by atoms with Crippen LogP contribution in [0.1, 0.15) is 25.1 Å². The van der Waals surface area contributed by atoms with Crippen molar-refractivity contribution in [2.75, 3.05) is 24.3 Å². The number of rotatable bonds is 9. The topological polar surface area (TPSA) is 120 Å². The molecule has 2 aromatic heterocycles. The number of nitrogens with zero attached hydrogens (tertiary/aromatic N) is 4. The van der Waals surface area contributed by atoms with Crippen molar-refractivity contribution in [3.8, 4) is 22.9 Å². The molecule has 1 aliphatic heterocycles. The lowest BCUT2D eigenvalue weighted by atomic mass is 10.00. The maximum absolute atomic E-state index is 13.5. The van der Waals surface area contributed by atoms with Gasteiger partial charge in [-0.2, -0.15) is 5.26 Å². The molecule has 0 bridgehead atoms. The van der Waals surface area contributed by atoms with Gasteiger partial charge >= 0.3 is 0 Å². The fourth-order valence-corrected chi connectivity index (χ4v) is 5.91. The van der Waals surface area contributed by atoms with E-state index in [2.05, 4.69) is 26.2 Å². The van der Waals surface area contributed by atoms with E-state index in [0.717, 1.165) is 5.69 Å². The second-order valence-corrected chi connectivity index (χ2v) is 11.3. The summed E-state index contributed by atoms with van der Waals surface area (Å²) in [6.45, 7) is 12.2. The molecular formula is C29H25FN6O3S2. The van der Waals surface area contributed by atoms with Crippen molar-refractivity contribution in [1.82, 2.24) is 9.97 Å². The lowest BCUT2D eigenvalue weighted by Gasteiger charge is -2.17. The number of thioether (sulfide) groups is 1. The zero-order chi connectivity index (χ0) is 29.0. The maximum Gasteiger partial charge on any atom is 0.236 e. The Kier molecular flexibility index (Phi) is 8.38. The number of ether oxygens (including phenoxy) is 3. The fourth-order valence-electron chi connectivity index (χ4n) is 4.19. The molecule has 41 heavy (non-hydrogen) atoms. The molecule has 9 nitrogen and oxygen atoms in total. The van der Waals surface area contributed by atoms with Crippen molar-refractivity contribution in [3.63, 3.8) is 0 Å². The molecule has 4 aromatic rings. The van der Waals surface area contributed by atoms with E-state index in [1.807, 2.05) is 19.2 Å². The number of hydrogen-bond donors (Lipinski definition) is 2. The quantitative estimate of drug-likeness (QED) is 0.159. The molecule has 0 aliphatic carbocycles. The van der Waals surface area contributed by atoms with E-state index in [4.69, 9.17) is 26.5 Å². The van der Waals surface area contributed by atoms with Crippen molar-refractivity contribution in [3.05, 3.63) is 82.4 Å². The largest absolute Gasteiger partial charge is 0.491 e. The van der Waals surface area contributed by atoms with Gasteiger partial charge in [-0.3, -0.25) is 0 Å². The summed E-state index contributed by atoms with van der Waals surface area (Å²) in [5.74, 6) is 0.113. The maximum atomic E-state index is 13.5. The molecule has 1 fully saturated rings. The number of anilines is 3. The van der Waals surface area contributed by atoms with E-state index in [1.165, 1.54) is 35.2 Å². The minimum atomic E-state index is -0.625. The summed E-state index contributed by atoms with van der Waals surface area (Å²) in [4.78, 5) is 12.5. The molecule has 0 saturated carbocycles. The average molecular weight is 589 g/mol. The Balaban J connectivity index is 1.32. The lowest BCUT2D eigenvalue weighted by Crippen LogP contribution is -2.25. The number of pyridine rings is 1. The van der Waals surface area contributed by atoms with Crippen LogP contribution in [0.15, 0.2) is 58.9 Å². The second kappa shape index (κ2) is 12.1. The van der Waals surface area contributed by atoms with E-state index in [1.54, 1.807) is 36.4 Å². The summed E-state index contributed by atoms with van der Waals surface area (Å²) >= 11 is 2.69. The number of nitrogen functional groups attached to an aromatic ring is 1. The third-order valence-electron chi connectivity index (χ3n) is 6.02. The minimum absolute atomic E-state index is 0.0459. The minimum Gasteiger partial charge on any atom is -0.491 e. The van der Waals surface area contributed by atoms with E-state index in [0.29, 0.717) is 51.7 Å². The molecule has 5 rings (SSSR count). The number of hydrogen-bond acceptors (Lipinski definition) is 10. The van der Waals surface area contributed by atoms with Crippen LogP contribution in [0, 0.1) is 23.7 Å². The average Bonchev–Trinajstić information content (AvgIpc) is 3.55. The Bertz CT molecular complexity index is 1650. The van der Waals surface area contributed by atoms with Crippen LogP contribution >= 0.6 is 23.1 Å². The summed E-state index contributed by atoms with van der Waals surface area (Å²) in [5, 5.41) is 16.1. The van der Waals surface area contributed by atoms with Gasteiger partial charge in [-0.1, -0.05) is 30.0 Å². The summed E-state index contributed by atoms with van der Waals surface area (Å²) in [7, 11) is 0. The molecule has 3 N–H and O–H groups in total. The molecule has 0 radical (unpaired) electrons. The molecule has 1 aliphatic rings. The first kappa shape index (κ1) is 28.3. The Morgan fingerprint density at radius 2 is 2.10 bits per heavy atom. The third-order valence-corrected chi connectivity index (χ3v) is 7.83. The van der Waals surface area contributed by atoms with Gasteiger partial charge in [0.05, 0.1) is 24.4 Å². The SMILES string of the molecule is [C-]#[N+]c1c(N)nc(SCc2csc(Nc3cccc(F)c3)n2)c(C#N)c1-c1ccc(OCC2COC(C)(C)O2)cc1. The molecule has 12 heteroatoms. The van der Waals surface area contributed by atoms with Gasteiger partial charge in [-0.25, -0.2) is 19.2 Å². The predicted molar refractivity (Wildman–Crippen MR) is 157 cm³/mol. The molecule has 1 atom stereocenters. The van der Waals surface area contributed by atoms with Gasteiger partial charge in [-0.05, 0) is 49.7 Å². The lowest BCUT2D eigenvalue weighted by molar-refractivity contribution is -0.141. The zero-order valence-corrected chi connectivity index (χ0v) is 23.8. The van der Waals surface area contributed by atoms with Gasteiger partial charge in [-0.15, -0.1) is 11.3 Å². The molecule has 2 aromatic carbocycles. The molecule has 1 saturated heterocycles. The Morgan fingerprint density at radius 3 is 2.78 bits per heavy atom. The highest BCUT2D eigenvalue weighted by atomic mass is 32.2. The summed E-state index contributed by atoms with van der Waals surface area (Å²) in [6, 6.07) is 15.5. The molecule has 208 valence electrons. The smallest absolute Gasteiger partial charge is 0.236 e. The highest BCUT2D eigenvalue weighted by Crippen LogP contribution is 2.42. The van der Waals surface area contributed by atoms with Crippen LogP contribution in [-0.4, -0.2) is 35.1 Å². The van der Waals surface area contributed by atoms with E-state index >= 15 is 0 Å². The van der Waals surface area contributed by atoms with Gasteiger partial charge < -0.3 is 25.3 Å². The molecule has 3 heterocycles. The predicted octanol–water partition coefficient (Wildman–Crippen LogP) is 6.92. The Hall–Kier alpha value is -4.20. The Labute approximate surface area is 244 Å². The monoisotopic (exact) mass is 588 g/mol. The van der Waals surface area contributed by atoms with E-state index < -0.39 is 5.79 Å². The van der Waals surface area contributed by atoms with Crippen molar-refractivity contribution in [2.45, 2.75) is 36.5 Å². The van der Waals surface area contributed by atoms with Crippen molar-refractivity contribution in [2.24, 2.45) is 0 Å². The first-order valence-electron chi connectivity index (χ1n) is 12.5. The normalized spacial score (nSPS) is 15.7. The molecule has 0 amide bonds. The second-order valence-electron chi connectivity index (χ2n) is 9.48. The first-order valence-corrected chi connectivity index (χ1v) is 14.4. The van der Waals surface area contributed by atoms with E-state index in [9.17, 15) is 9.65 Å². The van der Waals surface area contributed by atoms with Crippen LogP contribution in [0.25, 0.3) is 16.0 Å². The van der Waals surface area contributed by atoms with Crippen molar-refractivity contribution < 1.29 is 18.6 Å². The van der Waals surface area contributed by atoms with Crippen LogP contribution in [0.2, 0.25) is 0 Å². The number of benzene rings is 2. The third kappa shape index (κ3) is 6.76. The summed E-state index contributed by atoms with van der Waals surface area (Å²) in [5.41, 5.74) is 8.98. The fraction of sp³-hybridized carbons (Fsp3) is 0.241. The van der Waals surface area contributed by atoms with Crippen LogP contribution in [0.5, 0.6) is 5.75 Å². The number of nitriles is 1. The molecule has 0 spiro atoms. The van der Waals surface area contributed by atoms with Gasteiger partial charge in [0.2, 0.25) is 5.69 Å². The van der Waals surface area contributed by atoms with Crippen molar-refractivity contribution in [1.29, 1.82) is 5.26 Å². The molecular weight excluding hydrogens is 563 g/mol. The molecule has 1 unspecified atom stereocenters. The first-order chi connectivity index (χ1) is 19.7. The van der Waals surface area contributed by atoms with Gasteiger partial charge in [0.1, 0.15) is 41.2 Å². The number of aromatic nitrogens is 2. The van der Waals surface area contributed by atoms with E-state index in [-0.39, 0.29) is 29.0 Å². The van der Waals surface area contributed by atoms with Crippen molar-refractivity contribution >= 4 is 45.4 Å². The van der Waals surface area contributed by atoms with Gasteiger partial charge in [0.25, 0.3) is 0 Å². The highest BCUT2D eigenvalue weighted by Gasteiger charge is 2.33. The number of thiazole rings is 1. The van der Waals surface area contributed by atoms with Gasteiger partial charge in [0.15, 0.2) is 10.9 Å². The van der Waals surface area contributed by atoms with Crippen LogP contribution in [0.3, 0.4) is 0 Å². The zero-order valence-electron chi connectivity index (χ0n) is 22.2. The highest BCUT2D eigenvalue weighted by molar-refractivity contribution is 7.98. The number of nitrogens with two attached hydrogens (primary N) is 1. The summed E-state index contributed by atoms with van der Waals surface area (Å²) < 4.78 is 30.7. The van der Waals surface area contributed by atoms with Gasteiger partial charge in [0, 0.05) is 22.4 Å². The summed E-state index contributed by atoms with van der Waals surface area (Å²) in [6.07, 6.45) is -0.172. The number of nitrogens with one attached hydrogen (secondary N) is 1. The standard InChI is InChI=1S/C29H25FN6O3S2/c1-29(2)38-14-22(39-29)13-37-21-9-7-17(8-10-21)24-23(12-31)27(36-26(32)25(24)33-3)40-15-20-16-41-28(35-20)34-19-6-4-5-18(30)11-19/h4-11,16,22H,13-15H2,1-2H3,(H2,32,36)(H,34,35). The Morgan fingerprint density at radius 1 is 1.29 bits per heavy atom. The van der Waals surface area contributed by atoms with Crippen LogP contribution in [0.4, 0.5) is 26.7 Å². The van der Waals surface area contributed by atoms with Crippen LogP contribution < -0.4 is 15.8 Å². The number of halogens is 1.